The Kier molecular flexibility index (Phi) is 14.3. The number of aromatic nitrogens is 2. The second-order valence-electron chi connectivity index (χ2n) is 13.3. The molecule has 4 aromatic carbocycles. The van der Waals surface area contributed by atoms with Crippen LogP contribution in [0.2, 0.25) is 0 Å². The Labute approximate surface area is 327 Å². The number of carboxylic acids is 2. The van der Waals surface area contributed by atoms with Crippen LogP contribution in [0.15, 0.2) is 91.0 Å². The van der Waals surface area contributed by atoms with Gasteiger partial charge in [0.25, 0.3) is 0 Å². The number of nitrogens with one attached hydrogen (secondary N) is 2. The monoisotopic (exact) mass is 815 g/mol. The van der Waals surface area contributed by atoms with E-state index in [0.717, 1.165) is 44.4 Å². The number of carbonyl (C=O) groups excluding carboxylic acids is 2. The molecule has 0 radical (unpaired) electrons. The summed E-state index contributed by atoms with van der Waals surface area (Å²) in [5, 5.41) is 27.5. The molecular weight excluding hydrogens is 776 g/mol. The van der Waals surface area contributed by atoms with Crippen LogP contribution in [-0.2, 0) is 45.0 Å². The number of carboxylic acid groups (broad SMARTS) is 2. The lowest BCUT2D eigenvalue weighted by Gasteiger charge is -2.38. The minimum atomic E-state index is -5.08. The summed E-state index contributed by atoms with van der Waals surface area (Å²) >= 11 is 0. The number of fused-ring (bicyclic) bond motifs is 2. The van der Waals surface area contributed by atoms with Crippen molar-refractivity contribution >= 4 is 34.8 Å². The van der Waals surface area contributed by atoms with Crippen LogP contribution in [0.25, 0.3) is 11.0 Å². The number of hydrogen-bond acceptors (Lipinski definition) is 7. The molecule has 0 saturated heterocycles. The van der Waals surface area contributed by atoms with E-state index in [-0.39, 0.29) is 17.6 Å². The van der Waals surface area contributed by atoms with E-state index in [1.807, 2.05) is 92.7 Å². The van der Waals surface area contributed by atoms with E-state index in [2.05, 4.69) is 10.3 Å². The molecule has 0 unspecified atom stereocenters. The maximum Gasteiger partial charge on any atom is 0.490 e. The van der Waals surface area contributed by atoms with E-state index in [1.54, 1.807) is 17.0 Å². The fourth-order valence-electron chi connectivity index (χ4n) is 6.27. The molecule has 3 atom stereocenters. The SMILES string of the molecule is Cc1cc(O)cc(C)c1C[C@H](N)C(=O)N1Cc2ccccc2C[C@H]1C(=O)N[C@@H](Cc1ccccc1)c1nc2ccccc2[nH]1.O=C(O)C(F)(F)F.O=C(O)C(F)(F)F. The van der Waals surface area contributed by atoms with Crippen molar-refractivity contribution < 1.29 is 60.8 Å². The summed E-state index contributed by atoms with van der Waals surface area (Å²) < 4.78 is 63.5. The van der Waals surface area contributed by atoms with E-state index in [4.69, 9.17) is 30.5 Å². The van der Waals surface area contributed by atoms with Gasteiger partial charge in [-0.05, 0) is 84.3 Å². The number of amides is 2. The molecule has 5 aromatic rings. The summed E-state index contributed by atoms with van der Waals surface area (Å²) in [6.45, 7) is 4.09. The number of aromatic amines is 1. The largest absolute Gasteiger partial charge is 0.508 e. The Morgan fingerprint density at radius 2 is 1.34 bits per heavy atom. The van der Waals surface area contributed by atoms with Gasteiger partial charge in [0.2, 0.25) is 11.8 Å². The van der Waals surface area contributed by atoms with E-state index >= 15 is 0 Å². The number of para-hydroxylation sites is 2. The number of hydrogen-bond donors (Lipinski definition) is 6. The van der Waals surface area contributed by atoms with Gasteiger partial charge >= 0.3 is 24.3 Å². The highest BCUT2D eigenvalue weighted by molar-refractivity contribution is 5.91. The first-order valence-electron chi connectivity index (χ1n) is 17.5. The molecule has 0 spiro atoms. The third-order valence-corrected chi connectivity index (χ3v) is 9.08. The number of aryl methyl sites for hydroxylation is 2. The van der Waals surface area contributed by atoms with Gasteiger partial charge in [0.15, 0.2) is 0 Å². The van der Waals surface area contributed by atoms with Crippen LogP contribution in [0, 0.1) is 13.8 Å². The molecule has 2 heterocycles. The molecule has 1 aliphatic heterocycles. The first kappa shape index (κ1) is 44.3. The predicted molar refractivity (Wildman–Crippen MR) is 198 cm³/mol. The highest BCUT2D eigenvalue weighted by atomic mass is 19.4. The molecule has 58 heavy (non-hydrogen) atoms. The lowest BCUT2D eigenvalue weighted by atomic mass is 9.91. The van der Waals surface area contributed by atoms with E-state index in [1.165, 1.54) is 0 Å². The number of benzene rings is 4. The third kappa shape index (κ3) is 11.8. The maximum absolute atomic E-state index is 14.2. The lowest BCUT2D eigenvalue weighted by Crippen LogP contribution is -2.57. The fraction of sp³-hybridized carbons (Fsp3) is 0.275. The molecule has 0 bridgehead atoms. The second-order valence-corrected chi connectivity index (χ2v) is 13.3. The van der Waals surface area contributed by atoms with Gasteiger partial charge in [-0.1, -0.05) is 66.7 Å². The average molecular weight is 816 g/mol. The second kappa shape index (κ2) is 18.7. The van der Waals surface area contributed by atoms with Gasteiger partial charge in [-0.25, -0.2) is 14.6 Å². The number of carbonyl (C=O) groups is 4. The number of halogens is 6. The molecule has 6 rings (SSSR count). The summed E-state index contributed by atoms with van der Waals surface area (Å²) in [5.74, 6) is -5.21. The molecule has 18 heteroatoms. The lowest BCUT2D eigenvalue weighted by molar-refractivity contribution is -0.193. The molecule has 0 fully saturated rings. The van der Waals surface area contributed by atoms with Gasteiger partial charge in [0.05, 0.1) is 23.1 Å². The van der Waals surface area contributed by atoms with Crippen LogP contribution < -0.4 is 11.1 Å². The van der Waals surface area contributed by atoms with Crippen molar-refractivity contribution in [3.05, 3.63) is 130 Å². The van der Waals surface area contributed by atoms with Crippen molar-refractivity contribution in [2.45, 2.75) is 70.1 Å². The number of rotatable bonds is 8. The molecule has 0 aliphatic carbocycles. The topological polar surface area (TPSA) is 199 Å². The molecule has 1 aromatic heterocycles. The average Bonchev–Trinajstić information content (AvgIpc) is 3.60. The van der Waals surface area contributed by atoms with Gasteiger partial charge in [-0.3, -0.25) is 9.59 Å². The fourth-order valence-corrected chi connectivity index (χ4v) is 6.27. The van der Waals surface area contributed by atoms with Crippen LogP contribution in [0.4, 0.5) is 26.3 Å². The number of nitrogens with zero attached hydrogens (tertiary/aromatic N) is 2. The molecule has 308 valence electrons. The highest BCUT2D eigenvalue weighted by Crippen LogP contribution is 2.28. The van der Waals surface area contributed by atoms with Crippen molar-refractivity contribution in [2.75, 3.05) is 0 Å². The van der Waals surface area contributed by atoms with Crippen molar-refractivity contribution in [3.63, 3.8) is 0 Å². The normalized spacial score (nSPS) is 14.8. The summed E-state index contributed by atoms with van der Waals surface area (Å²) in [5.41, 5.74) is 14.1. The predicted octanol–water partition coefficient (Wildman–Crippen LogP) is 6.08. The maximum atomic E-state index is 14.2. The van der Waals surface area contributed by atoms with Crippen molar-refractivity contribution in [2.24, 2.45) is 5.73 Å². The zero-order chi connectivity index (χ0) is 42.9. The van der Waals surface area contributed by atoms with Gasteiger partial charge in [0.1, 0.15) is 17.6 Å². The quantitative estimate of drug-likeness (QED) is 0.101. The summed E-state index contributed by atoms with van der Waals surface area (Å²) in [6.07, 6.45) is -8.95. The number of aliphatic carboxylic acids is 2. The minimum Gasteiger partial charge on any atom is -0.508 e. The van der Waals surface area contributed by atoms with Crippen molar-refractivity contribution in [1.29, 1.82) is 0 Å². The molecule has 0 saturated carbocycles. The van der Waals surface area contributed by atoms with Crippen LogP contribution in [-0.4, -0.2) is 78.4 Å². The first-order chi connectivity index (χ1) is 27.1. The minimum absolute atomic E-state index is 0.183. The molecule has 2 amide bonds. The number of H-pyrrole nitrogens is 1. The molecule has 12 nitrogen and oxygen atoms in total. The zero-order valence-corrected chi connectivity index (χ0v) is 30.9. The molecule has 7 N–H and O–H groups in total. The number of alkyl halides is 6. The van der Waals surface area contributed by atoms with Crippen molar-refractivity contribution in [3.8, 4) is 5.75 Å². The Morgan fingerprint density at radius 1 is 0.828 bits per heavy atom. The summed E-state index contributed by atoms with van der Waals surface area (Å²) in [6, 6.07) is 27.0. The van der Waals surface area contributed by atoms with E-state index in [0.29, 0.717) is 31.6 Å². The molecular formula is C40H39F6N5O7. The van der Waals surface area contributed by atoms with Gasteiger partial charge in [-0.15, -0.1) is 0 Å². The Balaban J connectivity index is 0.000000456. The number of phenolic OH excluding ortho intramolecular Hbond substituents is 1. The highest BCUT2D eigenvalue weighted by Gasteiger charge is 2.40. The zero-order valence-electron chi connectivity index (χ0n) is 30.9. The Hall–Kier alpha value is -6.43. The van der Waals surface area contributed by atoms with Gasteiger partial charge in [-0.2, -0.15) is 26.3 Å². The van der Waals surface area contributed by atoms with Crippen molar-refractivity contribution in [1.82, 2.24) is 20.2 Å². The first-order valence-corrected chi connectivity index (χ1v) is 17.5. The molecule has 1 aliphatic rings. The number of nitrogens with two attached hydrogens (primary N) is 1. The Bertz CT molecular complexity index is 2160. The van der Waals surface area contributed by atoms with Crippen LogP contribution in [0.3, 0.4) is 0 Å². The Morgan fingerprint density at radius 3 is 1.90 bits per heavy atom. The standard InChI is InChI=1S/C36H37N5O3.2C2HF3O2/c1-22-16-27(42)17-23(2)28(22)20-29(37)36(44)41-21-26-13-7-6-12-25(26)19-33(41)35(43)40-32(18-24-10-4-3-5-11-24)34-38-30-14-8-9-15-31(30)39-34;2*3-2(4,5)1(6)7/h3-17,29,32-33,42H,18-21,37H2,1-2H3,(H,38,39)(H,40,43);2*(H,6,7)/t29-,32-,33-;;/m0../s1. The number of aromatic hydroxyl groups is 1. The van der Waals surface area contributed by atoms with Crippen LogP contribution in [0.1, 0.15) is 45.2 Å². The number of phenols is 1. The summed E-state index contributed by atoms with van der Waals surface area (Å²) in [7, 11) is 0. The summed E-state index contributed by atoms with van der Waals surface area (Å²) in [4.78, 5) is 55.9. The number of imidazole rings is 1. The smallest absolute Gasteiger partial charge is 0.490 e. The van der Waals surface area contributed by atoms with Crippen LogP contribution >= 0.6 is 0 Å². The van der Waals surface area contributed by atoms with Gasteiger partial charge in [0, 0.05) is 13.0 Å². The van der Waals surface area contributed by atoms with Gasteiger partial charge < -0.3 is 36.3 Å². The third-order valence-electron chi connectivity index (χ3n) is 9.08. The van der Waals surface area contributed by atoms with E-state index < -0.39 is 42.4 Å². The van der Waals surface area contributed by atoms with E-state index in [9.17, 15) is 41.0 Å². The van der Waals surface area contributed by atoms with Crippen LogP contribution in [0.5, 0.6) is 5.75 Å².